The van der Waals surface area contributed by atoms with Crippen LogP contribution in [0.25, 0.3) is 0 Å². The Bertz CT molecular complexity index is 760. The van der Waals surface area contributed by atoms with Gasteiger partial charge < -0.3 is 5.32 Å². The highest BCUT2D eigenvalue weighted by Gasteiger charge is 2.12. The first-order valence-corrected chi connectivity index (χ1v) is 10.2. The summed E-state index contributed by atoms with van der Waals surface area (Å²) in [5.74, 6) is 0.999. The van der Waals surface area contributed by atoms with Crippen molar-refractivity contribution in [2.45, 2.75) is 17.6 Å². The van der Waals surface area contributed by atoms with Crippen LogP contribution in [0.15, 0.2) is 59.5 Å². The molecule has 2 aromatic carbocycles. The van der Waals surface area contributed by atoms with Gasteiger partial charge in [-0.15, -0.1) is 11.8 Å². The number of rotatable bonds is 8. The third-order valence-electron chi connectivity index (χ3n) is 3.13. The van der Waals surface area contributed by atoms with Crippen LogP contribution in [-0.4, -0.2) is 26.6 Å². The Balaban J connectivity index is 1.84. The molecule has 0 aliphatic heterocycles. The van der Waals surface area contributed by atoms with Crippen LogP contribution in [0.4, 0.5) is 5.69 Å². The van der Waals surface area contributed by atoms with Gasteiger partial charge in [0.1, 0.15) is 0 Å². The summed E-state index contributed by atoms with van der Waals surface area (Å²) < 4.78 is 26.1. The maximum Gasteiger partial charge on any atom is 0.240 e. The Morgan fingerprint density at radius 2 is 1.71 bits per heavy atom. The first-order valence-electron chi connectivity index (χ1n) is 7.52. The fourth-order valence-corrected chi connectivity index (χ4v) is 3.85. The normalized spacial score (nSPS) is 11.2. The van der Waals surface area contributed by atoms with Crippen molar-refractivity contribution in [3.05, 3.63) is 60.2 Å². The largest absolute Gasteiger partial charge is 0.325 e. The van der Waals surface area contributed by atoms with Gasteiger partial charge in [0.15, 0.2) is 0 Å². The minimum atomic E-state index is -3.47. The standard InChI is InChI=1S/C17H20N2O3S2/c1-2-18-24(21,22)16-10-8-15(9-11-16)19-17(20)13-23-12-14-6-4-3-5-7-14/h3-11,18H,2,12-13H2,1H3,(H,19,20). The molecule has 24 heavy (non-hydrogen) atoms. The summed E-state index contributed by atoms with van der Waals surface area (Å²) in [4.78, 5) is 12.1. The molecular formula is C17H20N2O3S2. The third kappa shape index (κ3) is 5.67. The molecule has 0 saturated carbocycles. The van der Waals surface area contributed by atoms with Crippen molar-refractivity contribution >= 4 is 33.4 Å². The molecule has 0 atom stereocenters. The molecule has 0 fully saturated rings. The van der Waals surface area contributed by atoms with Crippen LogP contribution in [-0.2, 0) is 20.6 Å². The summed E-state index contributed by atoms with van der Waals surface area (Å²) in [6, 6.07) is 16.1. The summed E-state index contributed by atoms with van der Waals surface area (Å²) in [5.41, 5.74) is 1.75. The Labute approximate surface area is 146 Å². The summed E-state index contributed by atoms with van der Waals surface area (Å²) in [7, 11) is -3.47. The van der Waals surface area contributed by atoms with Gasteiger partial charge in [-0.2, -0.15) is 0 Å². The van der Waals surface area contributed by atoms with Crippen LogP contribution in [0.5, 0.6) is 0 Å². The van der Waals surface area contributed by atoms with Crippen LogP contribution < -0.4 is 10.0 Å². The molecule has 128 valence electrons. The fourth-order valence-electron chi connectivity index (χ4n) is 2.02. The van der Waals surface area contributed by atoms with E-state index in [1.807, 2.05) is 30.3 Å². The molecule has 2 rings (SSSR count). The van der Waals surface area contributed by atoms with E-state index in [1.54, 1.807) is 19.1 Å². The molecule has 1 amide bonds. The number of benzene rings is 2. The van der Waals surface area contributed by atoms with E-state index >= 15 is 0 Å². The highest BCUT2D eigenvalue weighted by atomic mass is 32.2. The number of hydrogen-bond acceptors (Lipinski definition) is 4. The van der Waals surface area contributed by atoms with Gasteiger partial charge in [-0.1, -0.05) is 37.3 Å². The molecule has 0 bridgehead atoms. The van der Waals surface area contributed by atoms with E-state index in [2.05, 4.69) is 10.0 Å². The Morgan fingerprint density at radius 1 is 1.04 bits per heavy atom. The van der Waals surface area contributed by atoms with Gasteiger partial charge >= 0.3 is 0 Å². The topological polar surface area (TPSA) is 75.3 Å². The smallest absolute Gasteiger partial charge is 0.240 e. The lowest BCUT2D eigenvalue weighted by Gasteiger charge is -2.08. The number of nitrogens with one attached hydrogen (secondary N) is 2. The van der Waals surface area contributed by atoms with E-state index in [0.717, 1.165) is 5.75 Å². The van der Waals surface area contributed by atoms with Gasteiger partial charge in [0, 0.05) is 18.0 Å². The minimum Gasteiger partial charge on any atom is -0.325 e. The van der Waals surface area contributed by atoms with Crippen molar-refractivity contribution in [2.75, 3.05) is 17.6 Å². The second-order valence-electron chi connectivity index (χ2n) is 5.05. The number of carbonyl (C=O) groups excluding carboxylic acids is 1. The van der Waals surface area contributed by atoms with Gasteiger partial charge in [-0.25, -0.2) is 13.1 Å². The molecule has 5 nitrogen and oxygen atoms in total. The Kier molecular flexibility index (Phi) is 6.84. The van der Waals surface area contributed by atoms with Crippen molar-refractivity contribution in [1.29, 1.82) is 0 Å². The van der Waals surface area contributed by atoms with E-state index in [1.165, 1.54) is 29.5 Å². The molecule has 2 aromatic rings. The van der Waals surface area contributed by atoms with Crippen LogP contribution in [0.1, 0.15) is 12.5 Å². The molecule has 0 spiro atoms. The highest BCUT2D eigenvalue weighted by Crippen LogP contribution is 2.15. The molecule has 0 radical (unpaired) electrons. The van der Waals surface area contributed by atoms with Gasteiger partial charge in [-0.3, -0.25) is 4.79 Å². The summed E-state index contributed by atoms with van der Waals surface area (Å²) in [6.07, 6.45) is 0. The lowest BCUT2D eigenvalue weighted by molar-refractivity contribution is -0.113. The molecule has 0 unspecified atom stereocenters. The SMILES string of the molecule is CCNS(=O)(=O)c1ccc(NC(=O)CSCc2ccccc2)cc1. The van der Waals surface area contributed by atoms with Crippen LogP contribution in [0, 0.1) is 0 Å². The molecule has 0 saturated heterocycles. The third-order valence-corrected chi connectivity index (χ3v) is 5.69. The van der Waals surface area contributed by atoms with Crippen LogP contribution in [0.3, 0.4) is 0 Å². The quantitative estimate of drug-likeness (QED) is 0.755. The molecule has 0 aromatic heterocycles. The van der Waals surface area contributed by atoms with Gasteiger partial charge in [0.2, 0.25) is 15.9 Å². The first-order chi connectivity index (χ1) is 11.5. The molecule has 0 heterocycles. The van der Waals surface area contributed by atoms with Crippen molar-refractivity contribution < 1.29 is 13.2 Å². The number of amides is 1. The molecule has 0 aliphatic rings. The van der Waals surface area contributed by atoms with E-state index in [-0.39, 0.29) is 10.8 Å². The lowest BCUT2D eigenvalue weighted by Crippen LogP contribution is -2.23. The second kappa shape index (κ2) is 8.86. The van der Waals surface area contributed by atoms with Crippen molar-refractivity contribution in [3.8, 4) is 0 Å². The number of hydrogen-bond donors (Lipinski definition) is 2. The average molecular weight is 364 g/mol. The maximum atomic E-state index is 11.9. The number of sulfonamides is 1. The van der Waals surface area contributed by atoms with Crippen molar-refractivity contribution in [1.82, 2.24) is 4.72 Å². The summed E-state index contributed by atoms with van der Waals surface area (Å²) >= 11 is 1.53. The average Bonchev–Trinajstić information content (AvgIpc) is 2.56. The molecule has 0 aliphatic carbocycles. The minimum absolute atomic E-state index is 0.113. The van der Waals surface area contributed by atoms with Gasteiger partial charge in [0.25, 0.3) is 0 Å². The number of carbonyl (C=O) groups is 1. The number of thioether (sulfide) groups is 1. The van der Waals surface area contributed by atoms with Gasteiger partial charge in [-0.05, 0) is 29.8 Å². The van der Waals surface area contributed by atoms with Crippen molar-refractivity contribution in [3.63, 3.8) is 0 Å². The monoisotopic (exact) mass is 364 g/mol. The first kappa shape index (κ1) is 18.5. The van der Waals surface area contributed by atoms with E-state index in [4.69, 9.17) is 0 Å². The lowest BCUT2D eigenvalue weighted by atomic mass is 10.2. The maximum absolute atomic E-state index is 11.9. The molecule has 7 heteroatoms. The Hall–Kier alpha value is -1.83. The Morgan fingerprint density at radius 3 is 2.33 bits per heavy atom. The second-order valence-corrected chi connectivity index (χ2v) is 7.80. The fraction of sp³-hybridized carbons (Fsp3) is 0.235. The van der Waals surface area contributed by atoms with E-state index in [9.17, 15) is 13.2 Å². The highest BCUT2D eigenvalue weighted by molar-refractivity contribution is 7.99. The zero-order valence-electron chi connectivity index (χ0n) is 13.4. The number of anilines is 1. The summed E-state index contributed by atoms with van der Waals surface area (Å²) in [6.45, 7) is 2.05. The molecule has 2 N–H and O–H groups in total. The zero-order chi connectivity index (χ0) is 17.4. The van der Waals surface area contributed by atoms with Crippen LogP contribution in [0.2, 0.25) is 0 Å². The van der Waals surface area contributed by atoms with Crippen LogP contribution >= 0.6 is 11.8 Å². The molecular weight excluding hydrogens is 344 g/mol. The predicted molar refractivity (Wildman–Crippen MR) is 98.5 cm³/mol. The van der Waals surface area contributed by atoms with Gasteiger partial charge in [0.05, 0.1) is 10.6 Å². The van der Waals surface area contributed by atoms with E-state index < -0.39 is 10.0 Å². The zero-order valence-corrected chi connectivity index (χ0v) is 15.0. The van der Waals surface area contributed by atoms with Crippen molar-refractivity contribution in [2.24, 2.45) is 0 Å². The van der Waals surface area contributed by atoms with E-state index in [0.29, 0.717) is 18.0 Å². The predicted octanol–water partition coefficient (Wildman–Crippen LogP) is 2.86. The summed E-state index contributed by atoms with van der Waals surface area (Å²) in [5, 5.41) is 2.76.